The summed E-state index contributed by atoms with van der Waals surface area (Å²) in [6, 6.07) is 3.78. The highest BCUT2D eigenvalue weighted by Crippen LogP contribution is 2.27. The second kappa shape index (κ2) is 6.42. The molecule has 0 aromatic carbocycles. The monoisotopic (exact) mass is 321 g/mol. The van der Waals surface area contributed by atoms with Crippen LogP contribution < -0.4 is 5.73 Å². The molecule has 3 rings (SSSR count). The molecule has 3 aromatic heterocycles. The van der Waals surface area contributed by atoms with Crippen LogP contribution in [0.2, 0.25) is 0 Å². The van der Waals surface area contributed by atoms with Crippen molar-refractivity contribution in [3.05, 3.63) is 35.3 Å². The Bertz CT molecular complexity index is 704. The fourth-order valence-electron chi connectivity index (χ4n) is 1.92. The summed E-state index contributed by atoms with van der Waals surface area (Å²) in [4.78, 5) is 4.57. The maximum absolute atomic E-state index is 5.65. The van der Waals surface area contributed by atoms with Crippen molar-refractivity contribution in [2.45, 2.75) is 30.9 Å². The SMILES string of the molecule is CCn1c(CN)nnc1SCc1csc(-c2ccco2)n1. The van der Waals surface area contributed by atoms with Gasteiger partial charge in [0.05, 0.1) is 18.5 Å². The number of nitrogens with two attached hydrogens (primary N) is 1. The fraction of sp³-hybridized carbons (Fsp3) is 0.308. The van der Waals surface area contributed by atoms with Crippen molar-refractivity contribution in [2.24, 2.45) is 5.73 Å². The third-order valence-electron chi connectivity index (χ3n) is 2.93. The van der Waals surface area contributed by atoms with Crippen molar-refractivity contribution in [3.8, 4) is 10.8 Å². The number of thioether (sulfide) groups is 1. The van der Waals surface area contributed by atoms with E-state index in [-0.39, 0.29) is 0 Å². The first-order chi connectivity index (χ1) is 10.3. The minimum absolute atomic E-state index is 0.404. The van der Waals surface area contributed by atoms with Crippen molar-refractivity contribution >= 4 is 23.1 Å². The molecular formula is C13H15N5OS2. The Kier molecular flexibility index (Phi) is 4.37. The third-order valence-corrected chi connectivity index (χ3v) is 4.83. The van der Waals surface area contributed by atoms with Crippen LogP contribution in [0.4, 0.5) is 0 Å². The van der Waals surface area contributed by atoms with Crippen molar-refractivity contribution in [1.29, 1.82) is 0 Å². The van der Waals surface area contributed by atoms with Crippen LogP contribution >= 0.6 is 23.1 Å². The lowest BCUT2D eigenvalue weighted by atomic mass is 10.5. The molecule has 3 heterocycles. The molecule has 0 saturated heterocycles. The van der Waals surface area contributed by atoms with E-state index in [0.717, 1.165) is 39.7 Å². The predicted molar refractivity (Wildman–Crippen MR) is 83.0 cm³/mol. The van der Waals surface area contributed by atoms with Gasteiger partial charge in [-0.15, -0.1) is 21.5 Å². The molecule has 3 aromatic rings. The van der Waals surface area contributed by atoms with Crippen molar-refractivity contribution < 1.29 is 4.42 Å². The van der Waals surface area contributed by atoms with E-state index >= 15 is 0 Å². The maximum atomic E-state index is 5.65. The summed E-state index contributed by atoms with van der Waals surface area (Å²) in [5.41, 5.74) is 6.66. The Hall–Kier alpha value is -1.64. The predicted octanol–water partition coefficient (Wildman–Crippen LogP) is 2.77. The zero-order chi connectivity index (χ0) is 14.7. The quantitative estimate of drug-likeness (QED) is 0.703. The summed E-state index contributed by atoms with van der Waals surface area (Å²) in [6.07, 6.45) is 1.66. The van der Waals surface area contributed by atoms with Gasteiger partial charge in [0.1, 0.15) is 5.82 Å². The van der Waals surface area contributed by atoms with E-state index in [1.807, 2.05) is 22.1 Å². The van der Waals surface area contributed by atoms with E-state index in [2.05, 4.69) is 22.1 Å². The summed E-state index contributed by atoms with van der Waals surface area (Å²) >= 11 is 3.20. The molecule has 0 atom stereocenters. The third kappa shape index (κ3) is 3.02. The van der Waals surface area contributed by atoms with Gasteiger partial charge in [0, 0.05) is 17.7 Å². The number of thiazole rings is 1. The fourth-order valence-corrected chi connectivity index (χ4v) is 3.72. The molecule has 8 heteroatoms. The summed E-state index contributed by atoms with van der Waals surface area (Å²) < 4.78 is 7.38. The van der Waals surface area contributed by atoms with Crippen LogP contribution in [-0.4, -0.2) is 19.7 Å². The molecular weight excluding hydrogens is 306 g/mol. The van der Waals surface area contributed by atoms with Crippen LogP contribution in [0, 0.1) is 0 Å². The minimum Gasteiger partial charge on any atom is -0.462 e. The number of furan rings is 1. The standard InChI is InChI=1S/C13H15N5OS2/c1-2-18-11(6-14)16-17-13(18)21-8-9-7-20-12(15-9)10-4-3-5-19-10/h3-5,7H,2,6,8,14H2,1H3. The smallest absolute Gasteiger partial charge is 0.191 e. The first kappa shape index (κ1) is 14.3. The molecule has 0 fully saturated rings. The Morgan fingerprint density at radius 3 is 3.05 bits per heavy atom. The topological polar surface area (TPSA) is 82.8 Å². The molecule has 0 aliphatic rings. The van der Waals surface area contributed by atoms with Gasteiger partial charge in [0.2, 0.25) is 0 Å². The zero-order valence-corrected chi connectivity index (χ0v) is 13.2. The first-order valence-electron chi connectivity index (χ1n) is 6.55. The second-order valence-electron chi connectivity index (χ2n) is 4.26. The zero-order valence-electron chi connectivity index (χ0n) is 11.5. The van der Waals surface area contributed by atoms with Gasteiger partial charge in [-0.1, -0.05) is 11.8 Å². The average molecular weight is 321 g/mol. The largest absolute Gasteiger partial charge is 0.462 e. The Labute approximate surface area is 130 Å². The first-order valence-corrected chi connectivity index (χ1v) is 8.41. The highest BCUT2D eigenvalue weighted by atomic mass is 32.2. The summed E-state index contributed by atoms with van der Waals surface area (Å²) in [6.45, 7) is 3.28. The minimum atomic E-state index is 0.404. The van der Waals surface area contributed by atoms with E-state index in [4.69, 9.17) is 10.2 Å². The summed E-state index contributed by atoms with van der Waals surface area (Å²) in [5.74, 6) is 2.37. The van der Waals surface area contributed by atoms with Crippen LogP contribution in [0.1, 0.15) is 18.4 Å². The number of rotatable bonds is 6. The van der Waals surface area contributed by atoms with E-state index in [1.165, 1.54) is 0 Å². The van der Waals surface area contributed by atoms with Crippen LogP contribution in [0.25, 0.3) is 10.8 Å². The molecule has 0 radical (unpaired) electrons. The lowest BCUT2D eigenvalue weighted by molar-refractivity contribution is 0.581. The molecule has 0 unspecified atom stereocenters. The van der Waals surface area contributed by atoms with Crippen LogP contribution in [0.15, 0.2) is 33.3 Å². The van der Waals surface area contributed by atoms with Crippen molar-refractivity contribution in [1.82, 2.24) is 19.7 Å². The molecule has 6 nitrogen and oxygen atoms in total. The Morgan fingerprint density at radius 2 is 2.33 bits per heavy atom. The maximum Gasteiger partial charge on any atom is 0.191 e. The molecule has 2 N–H and O–H groups in total. The number of hydrogen-bond donors (Lipinski definition) is 1. The number of aromatic nitrogens is 4. The lowest BCUT2D eigenvalue weighted by Gasteiger charge is -2.04. The van der Waals surface area contributed by atoms with Crippen molar-refractivity contribution in [3.63, 3.8) is 0 Å². The van der Waals surface area contributed by atoms with Gasteiger partial charge in [-0.25, -0.2) is 4.98 Å². The Balaban J connectivity index is 1.69. The van der Waals surface area contributed by atoms with E-state index in [0.29, 0.717) is 6.54 Å². The molecule has 0 bridgehead atoms. The summed E-state index contributed by atoms with van der Waals surface area (Å²) in [7, 11) is 0. The second-order valence-corrected chi connectivity index (χ2v) is 6.06. The van der Waals surface area contributed by atoms with Gasteiger partial charge in [-0.2, -0.15) is 0 Å². The molecule has 0 saturated carbocycles. The van der Waals surface area contributed by atoms with Gasteiger partial charge in [0.15, 0.2) is 15.9 Å². The molecule has 0 aliphatic carbocycles. The lowest BCUT2D eigenvalue weighted by Crippen LogP contribution is -2.08. The number of hydrogen-bond acceptors (Lipinski definition) is 7. The van der Waals surface area contributed by atoms with Gasteiger partial charge < -0.3 is 14.7 Å². The normalized spacial score (nSPS) is 11.1. The number of nitrogens with zero attached hydrogens (tertiary/aromatic N) is 4. The molecule has 0 amide bonds. The summed E-state index contributed by atoms with van der Waals surface area (Å²) in [5, 5.41) is 12.1. The molecule has 0 aliphatic heterocycles. The molecule has 21 heavy (non-hydrogen) atoms. The van der Waals surface area contributed by atoms with E-state index in [1.54, 1.807) is 29.4 Å². The van der Waals surface area contributed by atoms with Crippen molar-refractivity contribution in [2.75, 3.05) is 0 Å². The average Bonchev–Trinajstić information content (AvgIpc) is 3.23. The van der Waals surface area contributed by atoms with Gasteiger partial charge >= 0.3 is 0 Å². The van der Waals surface area contributed by atoms with Crippen LogP contribution in [0.5, 0.6) is 0 Å². The van der Waals surface area contributed by atoms with E-state index < -0.39 is 0 Å². The van der Waals surface area contributed by atoms with Gasteiger partial charge in [0.25, 0.3) is 0 Å². The van der Waals surface area contributed by atoms with Gasteiger partial charge in [-0.05, 0) is 19.1 Å². The van der Waals surface area contributed by atoms with Crippen LogP contribution in [-0.2, 0) is 18.8 Å². The highest BCUT2D eigenvalue weighted by Gasteiger charge is 2.12. The van der Waals surface area contributed by atoms with Crippen LogP contribution in [0.3, 0.4) is 0 Å². The molecule has 110 valence electrons. The molecule has 0 spiro atoms. The van der Waals surface area contributed by atoms with E-state index in [9.17, 15) is 0 Å². The Morgan fingerprint density at radius 1 is 1.43 bits per heavy atom. The van der Waals surface area contributed by atoms with Gasteiger partial charge in [-0.3, -0.25) is 0 Å². The highest BCUT2D eigenvalue weighted by molar-refractivity contribution is 7.98.